The highest BCUT2D eigenvalue weighted by atomic mass is 15.1. The van der Waals surface area contributed by atoms with Crippen molar-refractivity contribution in [1.82, 2.24) is 10.2 Å². The minimum atomic E-state index is 0.817. The molecule has 94 valence electrons. The zero-order valence-electron chi connectivity index (χ0n) is 10.9. The lowest BCUT2D eigenvalue weighted by Gasteiger charge is -2.33. The van der Waals surface area contributed by atoms with Gasteiger partial charge in [0.25, 0.3) is 0 Å². The summed E-state index contributed by atoms with van der Waals surface area (Å²) in [6.07, 6.45) is 9.87. The molecule has 2 saturated heterocycles. The fourth-order valence-electron chi connectivity index (χ4n) is 3.13. The summed E-state index contributed by atoms with van der Waals surface area (Å²) in [6.45, 7) is 7.62. The number of rotatable bonds is 4. The number of hydrogen-bond donors (Lipinski definition) is 1. The third-order valence-corrected chi connectivity index (χ3v) is 4.49. The van der Waals surface area contributed by atoms with Gasteiger partial charge in [0.1, 0.15) is 0 Å². The second-order valence-electron chi connectivity index (χ2n) is 5.63. The number of nitrogens with one attached hydrogen (secondary N) is 1. The maximum atomic E-state index is 3.65. The van der Waals surface area contributed by atoms with Gasteiger partial charge in [0.15, 0.2) is 0 Å². The average molecular weight is 224 g/mol. The van der Waals surface area contributed by atoms with Crippen molar-refractivity contribution in [3.8, 4) is 0 Å². The van der Waals surface area contributed by atoms with E-state index < -0.39 is 0 Å². The molecule has 0 spiro atoms. The fourth-order valence-corrected chi connectivity index (χ4v) is 3.13. The molecule has 1 atom stereocenters. The number of piperidine rings is 2. The summed E-state index contributed by atoms with van der Waals surface area (Å²) in [5, 5.41) is 3.65. The molecule has 0 bridgehead atoms. The van der Waals surface area contributed by atoms with Crippen LogP contribution in [0.3, 0.4) is 0 Å². The van der Waals surface area contributed by atoms with Crippen molar-refractivity contribution in [3.63, 3.8) is 0 Å². The first kappa shape index (κ1) is 12.4. The van der Waals surface area contributed by atoms with E-state index in [4.69, 9.17) is 0 Å². The second kappa shape index (κ2) is 6.61. The van der Waals surface area contributed by atoms with Gasteiger partial charge in [0.05, 0.1) is 0 Å². The monoisotopic (exact) mass is 224 g/mol. The van der Waals surface area contributed by atoms with Crippen LogP contribution in [-0.4, -0.2) is 37.1 Å². The molecular weight excluding hydrogens is 196 g/mol. The average Bonchev–Trinajstić information content (AvgIpc) is 2.38. The van der Waals surface area contributed by atoms with E-state index in [1.807, 2.05) is 0 Å². The fraction of sp³-hybridized carbons (Fsp3) is 1.00. The van der Waals surface area contributed by atoms with E-state index >= 15 is 0 Å². The Bertz CT molecular complexity index is 179. The zero-order chi connectivity index (χ0) is 11.2. The van der Waals surface area contributed by atoms with E-state index in [1.165, 1.54) is 71.1 Å². The number of likely N-dealkylation sites (tertiary alicyclic amines) is 1. The van der Waals surface area contributed by atoms with Gasteiger partial charge in [0, 0.05) is 6.04 Å². The lowest BCUT2D eigenvalue weighted by Crippen LogP contribution is -2.40. The molecule has 0 aromatic heterocycles. The van der Waals surface area contributed by atoms with Crippen molar-refractivity contribution < 1.29 is 0 Å². The van der Waals surface area contributed by atoms with Gasteiger partial charge in [-0.15, -0.1) is 0 Å². The maximum Gasteiger partial charge on any atom is 0.00792 e. The predicted octanol–water partition coefficient (Wildman–Crippen LogP) is 2.64. The molecule has 0 radical (unpaired) electrons. The summed E-state index contributed by atoms with van der Waals surface area (Å²) in [5.74, 6) is 1.02. The summed E-state index contributed by atoms with van der Waals surface area (Å²) in [4.78, 5) is 2.68. The van der Waals surface area contributed by atoms with Gasteiger partial charge < -0.3 is 10.2 Å². The molecule has 0 amide bonds. The normalized spacial score (nSPS) is 29.4. The first-order chi connectivity index (χ1) is 7.88. The molecule has 2 rings (SSSR count). The summed E-state index contributed by atoms with van der Waals surface area (Å²) in [7, 11) is 0. The predicted molar refractivity (Wildman–Crippen MR) is 69.7 cm³/mol. The van der Waals surface area contributed by atoms with Crippen LogP contribution in [0.5, 0.6) is 0 Å². The van der Waals surface area contributed by atoms with Crippen molar-refractivity contribution in [2.24, 2.45) is 5.92 Å². The van der Waals surface area contributed by atoms with E-state index in [9.17, 15) is 0 Å². The molecule has 0 aliphatic carbocycles. The first-order valence-corrected chi connectivity index (χ1v) is 7.34. The minimum absolute atomic E-state index is 0.817. The van der Waals surface area contributed by atoms with Crippen LogP contribution < -0.4 is 5.32 Å². The van der Waals surface area contributed by atoms with Gasteiger partial charge in [-0.05, 0) is 64.2 Å². The molecule has 0 aromatic carbocycles. The summed E-state index contributed by atoms with van der Waals surface area (Å²) in [5.41, 5.74) is 0. The molecule has 16 heavy (non-hydrogen) atoms. The van der Waals surface area contributed by atoms with Crippen molar-refractivity contribution in [2.75, 3.05) is 26.2 Å². The topological polar surface area (TPSA) is 15.3 Å². The van der Waals surface area contributed by atoms with Crippen molar-refractivity contribution in [3.05, 3.63) is 0 Å². The molecule has 2 heteroatoms. The SMILES string of the molecule is CCC1CCN(CCC2CCCCN2)CC1. The quantitative estimate of drug-likeness (QED) is 0.790. The Morgan fingerprint density at radius 1 is 1.12 bits per heavy atom. The number of hydrogen-bond acceptors (Lipinski definition) is 2. The molecule has 1 N–H and O–H groups in total. The Kier molecular flexibility index (Phi) is 5.11. The summed E-state index contributed by atoms with van der Waals surface area (Å²) < 4.78 is 0. The lowest BCUT2D eigenvalue weighted by atomic mass is 9.94. The van der Waals surface area contributed by atoms with Gasteiger partial charge in [-0.1, -0.05) is 19.8 Å². The van der Waals surface area contributed by atoms with Crippen LogP contribution in [0.25, 0.3) is 0 Å². The third-order valence-electron chi connectivity index (χ3n) is 4.49. The molecule has 0 aromatic rings. The lowest BCUT2D eigenvalue weighted by molar-refractivity contribution is 0.171. The van der Waals surface area contributed by atoms with Gasteiger partial charge in [-0.25, -0.2) is 0 Å². The molecular formula is C14H28N2. The Morgan fingerprint density at radius 3 is 2.56 bits per heavy atom. The molecule has 2 aliphatic rings. The molecule has 2 heterocycles. The van der Waals surface area contributed by atoms with Gasteiger partial charge in [-0.2, -0.15) is 0 Å². The van der Waals surface area contributed by atoms with Crippen LogP contribution in [-0.2, 0) is 0 Å². The van der Waals surface area contributed by atoms with Crippen molar-refractivity contribution >= 4 is 0 Å². The van der Waals surface area contributed by atoms with E-state index in [2.05, 4.69) is 17.1 Å². The van der Waals surface area contributed by atoms with E-state index in [1.54, 1.807) is 0 Å². The zero-order valence-corrected chi connectivity index (χ0v) is 10.9. The Morgan fingerprint density at radius 2 is 1.94 bits per heavy atom. The van der Waals surface area contributed by atoms with Crippen LogP contribution >= 0.6 is 0 Å². The Labute approximate surface area is 101 Å². The Hall–Kier alpha value is -0.0800. The van der Waals surface area contributed by atoms with Crippen molar-refractivity contribution in [1.29, 1.82) is 0 Å². The van der Waals surface area contributed by atoms with E-state index in [0.717, 1.165) is 12.0 Å². The van der Waals surface area contributed by atoms with E-state index in [0.29, 0.717) is 0 Å². The highest BCUT2D eigenvalue weighted by Gasteiger charge is 2.19. The second-order valence-corrected chi connectivity index (χ2v) is 5.63. The summed E-state index contributed by atoms with van der Waals surface area (Å²) in [6, 6.07) is 0.817. The Balaban J connectivity index is 1.59. The van der Waals surface area contributed by atoms with Crippen molar-refractivity contribution in [2.45, 2.75) is 57.9 Å². The number of nitrogens with zero attached hydrogens (tertiary/aromatic N) is 1. The molecule has 2 nitrogen and oxygen atoms in total. The smallest absolute Gasteiger partial charge is 0.00792 e. The van der Waals surface area contributed by atoms with Gasteiger partial charge in [0.2, 0.25) is 0 Å². The minimum Gasteiger partial charge on any atom is -0.314 e. The molecule has 2 fully saturated rings. The van der Waals surface area contributed by atoms with Crippen LogP contribution in [0.2, 0.25) is 0 Å². The largest absolute Gasteiger partial charge is 0.314 e. The molecule has 1 unspecified atom stereocenters. The van der Waals surface area contributed by atoms with E-state index in [-0.39, 0.29) is 0 Å². The van der Waals surface area contributed by atoms with Gasteiger partial charge >= 0.3 is 0 Å². The molecule has 0 saturated carbocycles. The molecule has 2 aliphatic heterocycles. The van der Waals surface area contributed by atoms with Crippen LogP contribution in [0.1, 0.15) is 51.9 Å². The van der Waals surface area contributed by atoms with Crippen LogP contribution in [0, 0.1) is 5.92 Å². The summed E-state index contributed by atoms with van der Waals surface area (Å²) >= 11 is 0. The highest BCUT2D eigenvalue weighted by Crippen LogP contribution is 2.20. The third kappa shape index (κ3) is 3.74. The van der Waals surface area contributed by atoms with Crippen LogP contribution in [0.4, 0.5) is 0 Å². The van der Waals surface area contributed by atoms with Gasteiger partial charge in [-0.3, -0.25) is 0 Å². The van der Waals surface area contributed by atoms with Crippen LogP contribution in [0.15, 0.2) is 0 Å². The first-order valence-electron chi connectivity index (χ1n) is 7.34. The maximum absolute atomic E-state index is 3.65. The highest BCUT2D eigenvalue weighted by molar-refractivity contribution is 4.76. The standard InChI is InChI=1S/C14H28N2/c1-2-13-6-10-16(11-7-13)12-8-14-5-3-4-9-15-14/h13-15H,2-12H2,1H3.